The standard InChI is InChI=1S/C12H13FIN3O6/c1-5(18)23-7-4-17(12(21)22-2)10(8(7)14)16-3-6(13)9(19)15-11(16)20/h3,7-8,10H,4H2,1-2H3,(H,15,19,20)/t7-,8+,10+/m0/s1. The number of amides is 1. The molecule has 1 aromatic rings. The Morgan fingerprint density at radius 2 is 2.09 bits per heavy atom. The van der Waals surface area contributed by atoms with Crippen LogP contribution < -0.4 is 11.2 Å². The van der Waals surface area contributed by atoms with Gasteiger partial charge in [-0.25, -0.2) is 9.59 Å². The topological polar surface area (TPSA) is 111 Å². The number of esters is 1. The summed E-state index contributed by atoms with van der Waals surface area (Å²) >= 11 is 1.89. The Hall–Kier alpha value is -1.92. The summed E-state index contributed by atoms with van der Waals surface area (Å²) in [5.41, 5.74) is -2.05. The van der Waals surface area contributed by atoms with Gasteiger partial charge in [-0.05, 0) is 0 Å². The molecule has 1 N–H and O–H groups in total. The number of carbonyl (C=O) groups is 2. The molecule has 0 unspecified atom stereocenters. The zero-order chi connectivity index (χ0) is 17.3. The lowest BCUT2D eigenvalue weighted by atomic mass is 10.3. The number of methoxy groups -OCH3 is 1. The molecule has 0 bridgehead atoms. The number of nitrogens with one attached hydrogen (secondary N) is 1. The molecule has 126 valence electrons. The number of likely N-dealkylation sites (tertiary alicyclic amines) is 1. The second-order valence-corrected chi connectivity index (χ2v) is 6.21. The van der Waals surface area contributed by atoms with Crippen molar-refractivity contribution in [3.05, 3.63) is 32.9 Å². The molecule has 11 heteroatoms. The molecule has 0 radical (unpaired) electrons. The van der Waals surface area contributed by atoms with Gasteiger partial charge in [0.1, 0.15) is 12.3 Å². The normalized spacial score (nSPS) is 23.7. The molecule has 1 amide bonds. The average Bonchev–Trinajstić information content (AvgIpc) is 2.78. The van der Waals surface area contributed by atoms with Gasteiger partial charge in [-0.1, -0.05) is 22.6 Å². The number of hydrogen-bond donors (Lipinski definition) is 1. The maximum atomic E-state index is 13.5. The number of nitrogens with zero attached hydrogens (tertiary/aromatic N) is 2. The van der Waals surface area contributed by atoms with Gasteiger partial charge in [0.05, 0.1) is 23.8 Å². The lowest BCUT2D eigenvalue weighted by Crippen LogP contribution is -2.43. The van der Waals surface area contributed by atoms with Crippen LogP contribution in [0.4, 0.5) is 9.18 Å². The third-order valence-corrected chi connectivity index (χ3v) is 4.72. The summed E-state index contributed by atoms with van der Waals surface area (Å²) in [6.45, 7) is 1.18. The molecule has 0 aromatic carbocycles. The first-order valence-electron chi connectivity index (χ1n) is 6.43. The second kappa shape index (κ2) is 6.68. The third-order valence-electron chi connectivity index (χ3n) is 3.27. The fraction of sp³-hybridized carbons (Fsp3) is 0.500. The van der Waals surface area contributed by atoms with Crippen LogP contribution in [0.25, 0.3) is 0 Å². The fourth-order valence-corrected chi connectivity index (χ4v) is 3.45. The van der Waals surface area contributed by atoms with Crippen LogP contribution in [0.3, 0.4) is 0 Å². The third kappa shape index (κ3) is 3.38. The zero-order valence-electron chi connectivity index (χ0n) is 12.1. The number of hydrogen-bond acceptors (Lipinski definition) is 6. The van der Waals surface area contributed by atoms with Gasteiger partial charge in [-0.3, -0.25) is 24.0 Å². The van der Waals surface area contributed by atoms with Gasteiger partial charge < -0.3 is 9.47 Å². The Morgan fingerprint density at radius 1 is 1.43 bits per heavy atom. The largest absolute Gasteiger partial charge is 0.459 e. The van der Waals surface area contributed by atoms with Crippen molar-refractivity contribution in [2.45, 2.75) is 23.1 Å². The maximum Gasteiger partial charge on any atom is 0.411 e. The highest BCUT2D eigenvalue weighted by molar-refractivity contribution is 14.1. The van der Waals surface area contributed by atoms with Crippen LogP contribution in [0.15, 0.2) is 15.8 Å². The molecule has 1 fully saturated rings. The Morgan fingerprint density at radius 3 is 2.65 bits per heavy atom. The van der Waals surface area contributed by atoms with Crippen LogP contribution in [0.2, 0.25) is 0 Å². The number of halogens is 2. The predicted molar refractivity (Wildman–Crippen MR) is 82.8 cm³/mol. The number of rotatable bonds is 2. The summed E-state index contributed by atoms with van der Waals surface area (Å²) in [7, 11) is 1.15. The molecule has 9 nitrogen and oxygen atoms in total. The highest BCUT2D eigenvalue weighted by atomic mass is 127. The van der Waals surface area contributed by atoms with E-state index in [9.17, 15) is 23.6 Å². The van der Waals surface area contributed by atoms with E-state index in [4.69, 9.17) is 4.74 Å². The lowest BCUT2D eigenvalue weighted by Gasteiger charge is -2.25. The molecular weight excluding hydrogens is 428 g/mol. The van der Waals surface area contributed by atoms with Crippen molar-refractivity contribution in [2.24, 2.45) is 0 Å². The summed E-state index contributed by atoms with van der Waals surface area (Å²) < 4.78 is 23.6. The van der Waals surface area contributed by atoms with Crippen LogP contribution in [0.1, 0.15) is 13.1 Å². The molecule has 0 saturated carbocycles. The summed E-state index contributed by atoms with van der Waals surface area (Å²) in [5, 5.41) is 0. The minimum atomic E-state index is -1.17. The first-order valence-corrected chi connectivity index (χ1v) is 7.67. The molecule has 1 aliphatic rings. The van der Waals surface area contributed by atoms with Gasteiger partial charge in [0, 0.05) is 6.92 Å². The van der Waals surface area contributed by atoms with E-state index in [0.29, 0.717) is 6.20 Å². The molecule has 0 spiro atoms. The van der Waals surface area contributed by atoms with Crippen molar-refractivity contribution in [2.75, 3.05) is 13.7 Å². The Balaban J connectivity index is 2.49. The van der Waals surface area contributed by atoms with E-state index in [2.05, 4.69) is 4.74 Å². The first-order chi connectivity index (χ1) is 10.8. The molecule has 23 heavy (non-hydrogen) atoms. The minimum Gasteiger partial charge on any atom is -0.459 e. The fourth-order valence-electron chi connectivity index (χ4n) is 2.34. The van der Waals surface area contributed by atoms with Gasteiger partial charge in [-0.2, -0.15) is 4.39 Å². The number of H-pyrrole nitrogens is 1. The van der Waals surface area contributed by atoms with Crippen LogP contribution >= 0.6 is 22.6 Å². The molecular formula is C12H13FIN3O6. The Labute approximate surface area is 142 Å². The maximum absolute atomic E-state index is 13.5. The molecule has 2 heterocycles. The van der Waals surface area contributed by atoms with Crippen molar-refractivity contribution in [1.29, 1.82) is 0 Å². The van der Waals surface area contributed by atoms with Crippen LogP contribution in [-0.4, -0.2) is 50.2 Å². The number of aromatic nitrogens is 2. The molecule has 1 saturated heterocycles. The van der Waals surface area contributed by atoms with Crippen LogP contribution in [-0.2, 0) is 14.3 Å². The number of aromatic amines is 1. The van der Waals surface area contributed by atoms with Crippen LogP contribution in [0.5, 0.6) is 0 Å². The van der Waals surface area contributed by atoms with Crippen LogP contribution in [0, 0.1) is 5.82 Å². The lowest BCUT2D eigenvalue weighted by molar-refractivity contribution is -0.145. The quantitative estimate of drug-likeness (QED) is 0.393. The Kier molecular flexibility index (Phi) is 5.06. The summed E-state index contributed by atoms with van der Waals surface area (Å²) in [5.74, 6) is -1.73. The first kappa shape index (κ1) is 17.4. The van der Waals surface area contributed by atoms with Gasteiger partial charge in [0.25, 0.3) is 5.56 Å². The van der Waals surface area contributed by atoms with Crippen molar-refractivity contribution in [3.63, 3.8) is 0 Å². The molecule has 2 rings (SSSR count). The SMILES string of the molecule is COC(=O)N1C[C@H](OC(C)=O)[C@@H](I)[C@@H]1n1cc(F)c(=O)[nH]c1=O. The van der Waals surface area contributed by atoms with E-state index in [1.165, 1.54) is 6.92 Å². The van der Waals surface area contributed by atoms with E-state index >= 15 is 0 Å². The predicted octanol–water partition coefficient (Wildman–Crippen LogP) is -0.00840. The average molecular weight is 441 g/mol. The molecule has 1 aromatic heterocycles. The van der Waals surface area contributed by atoms with Crippen molar-refractivity contribution in [3.8, 4) is 0 Å². The smallest absolute Gasteiger partial charge is 0.411 e. The van der Waals surface area contributed by atoms with Crippen molar-refractivity contribution < 1.29 is 23.5 Å². The van der Waals surface area contributed by atoms with Gasteiger partial charge in [0.15, 0.2) is 0 Å². The summed E-state index contributed by atoms with van der Waals surface area (Å²) in [6, 6.07) is 0. The number of alkyl halides is 1. The van der Waals surface area contributed by atoms with Gasteiger partial charge in [0.2, 0.25) is 5.82 Å². The van der Waals surface area contributed by atoms with E-state index in [0.717, 1.165) is 16.6 Å². The van der Waals surface area contributed by atoms with Crippen molar-refractivity contribution in [1.82, 2.24) is 14.5 Å². The number of carbonyl (C=O) groups excluding carboxylic acids is 2. The molecule has 0 aliphatic carbocycles. The molecule has 1 aliphatic heterocycles. The summed E-state index contributed by atoms with van der Waals surface area (Å²) in [6.07, 6.45) is -1.75. The number of ether oxygens (including phenoxy) is 2. The molecule has 3 atom stereocenters. The van der Waals surface area contributed by atoms with Crippen molar-refractivity contribution >= 4 is 34.7 Å². The van der Waals surface area contributed by atoms with E-state index in [1.807, 2.05) is 27.6 Å². The minimum absolute atomic E-state index is 0.0300. The van der Waals surface area contributed by atoms with E-state index in [1.54, 1.807) is 0 Å². The second-order valence-electron chi connectivity index (χ2n) is 4.77. The Bertz CT molecular complexity index is 747. The van der Waals surface area contributed by atoms with Gasteiger partial charge >= 0.3 is 17.8 Å². The van der Waals surface area contributed by atoms with E-state index < -0.39 is 45.3 Å². The zero-order valence-corrected chi connectivity index (χ0v) is 14.3. The van der Waals surface area contributed by atoms with E-state index in [-0.39, 0.29) is 6.54 Å². The van der Waals surface area contributed by atoms with Gasteiger partial charge in [-0.15, -0.1) is 0 Å². The highest BCUT2D eigenvalue weighted by Crippen LogP contribution is 2.34. The monoisotopic (exact) mass is 441 g/mol. The summed E-state index contributed by atoms with van der Waals surface area (Å²) in [4.78, 5) is 49.1. The highest BCUT2D eigenvalue weighted by Gasteiger charge is 2.46.